The van der Waals surface area contributed by atoms with Crippen LogP contribution in [0.5, 0.6) is 5.75 Å². The number of carbonyl (C=O) groups excluding carboxylic acids is 1. The maximum atomic E-state index is 13.0. The Balaban J connectivity index is 1.69. The maximum absolute atomic E-state index is 13.0. The largest absolute Gasteiger partial charge is 0.494 e. The Labute approximate surface area is 178 Å². The zero-order valence-electron chi connectivity index (χ0n) is 15.8. The van der Waals surface area contributed by atoms with Crippen LogP contribution < -0.4 is 9.46 Å². The number of nitrogens with one attached hydrogen (secondary N) is 1. The monoisotopic (exact) mass is 473 g/mol. The Morgan fingerprint density at radius 3 is 2.69 bits per heavy atom. The Kier molecular flexibility index (Phi) is 5.36. The topological polar surface area (TPSA) is 72.5 Å². The molecule has 150 valence electrons. The highest BCUT2D eigenvalue weighted by atomic mass is 79.9. The molecule has 3 aromatic rings. The molecule has 0 aliphatic heterocycles. The zero-order chi connectivity index (χ0) is 20.6. The van der Waals surface area contributed by atoms with Crippen molar-refractivity contribution in [1.29, 1.82) is 0 Å². The summed E-state index contributed by atoms with van der Waals surface area (Å²) >= 11 is 3.53. The number of rotatable bonds is 5. The Morgan fingerprint density at radius 2 is 1.90 bits per heavy atom. The van der Waals surface area contributed by atoms with Crippen molar-refractivity contribution in [2.24, 2.45) is 0 Å². The number of halogens is 1. The van der Waals surface area contributed by atoms with Gasteiger partial charge < -0.3 is 4.74 Å². The van der Waals surface area contributed by atoms with Crippen molar-refractivity contribution >= 4 is 42.6 Å². The highest BCUT2D eigenvalue weighted by Gasteiger charge is 2.35. The SMILES string of the molecule is CCOc1ccc(Br)c2c1C(C(=O)NS(=O)(=O)c1cccc3ccccc13)CC2. The van der Waals surface area contributed by atoms with Gasteiger partial charge in [0.1, 0.15) is 5.75 Å². The lowest BCUT2D eigenvalue weighted by Gasteiger charge is -2.17. The molecule has 0 heterocycles. The first-order valence-electron chi connectivity index (χ1n) is 9.41. The normalized spacial score (nSPS) is 15.9. The lowest BCUT2D eigenvalue weighted by atomic mass is 10.00. The molecule has 1 atom stereocenters. The predicted octanol–water partition coefficient (Wildman–Crippen LogP) is 4.54. The number of benzene rings is 3. The summed E-state index contributed by atoms with van der Waals surface area (Å²) in [6, 6.07) is 16.0. The van der Waals surface area contributed by atoms with E-state index in [1.165, 1.54) is 6.07 Å². The molecule has 1 amide bonds. The number of ether oxygens (including phenoxy) is 1. The van der Waals surface area contributed by atoms with Crippen molar-refractivity contribution in [3.8, 4) is 5.75 Å². The average Bonchev–Trinajstić information content (AvgIpc) is 3.16. The van der Waals surface area contributed by atoms with Gasteiger partial charge in [0, 0.05) is 15.4 Å². The molecule has 3 aromatic carbocycles. The standard InChI is InChI=1S/C22H20BrNO4S/c1-2-28-19-13-12-18(23)16-10-11-17(21(16)19)22(25)24-29(26,27)20-9-5-7-14-6-3-4-8-15(14)20/h3-9,12-13,17H,2,10-11H2,1H3,(H,24,25). The van der Waals surface area contributed by atoms with Gasteiger partial charge in [-0.15, -0.1) is 0 Å². The van der Waals surface area contributed by atoms with Crippen molar-refractivity contribution in [3.05, 3.63) is 70.2 Å². The third kappa shape index (κ3) is 3.65. The van der Waals surface area contributed by atoms with E-state index in [1.54, 1.807) is 18.2 Å². The summed E-state index contributed by atoms with van der Waals surface area (Å²) in [5.74, 6) is -0.476. The fourth-order valence-corrected chi connectivity index (χ4v) is 5.71. The van der Waals surface area contributed by atoms with Gasteiger partial charge in [-0.05, 0) is 48.9 Å². The zero-order valence-corrected chi connectivity index (χ0v) is 18.2. The van der Waals surface area contributed by atoms with Gasteiger partial charge >= 0.3 is 0 Å². The summed E-state index contributed by atoms with van der Waals surface area (Å²) in [6.45, 7) is 2.35. The first-order valence-corrected chi connectivity index (χ1v) is 11.7. The molecule has 29 heavy (non-hydrogen) atoms. The smallest absolute Gasteiger partial charge is 0.264 e. The fraction of sp³-hybridized carbons (Fsp3) is 0.227. The molecule has 4 rings (SSSR count). The number of hydrogen-bond acceptors (Lipinski definition) is 4. The average molecular weight is 474 g/mol. The highest BCUT2D eigenvalue weighted by molar-refractivity contribution is 9.10. The van der Waals surface area contributed by atoms with Crippen molar-refractivity contribution in [3.63, 3.8) is 0 Å². The second kappa shape index (κ2) is 7.80. The summed E-state index contributed by atoms with van der Waals surface area (Å²) in [4.78, 5) is 13.1. The molecule has 1 unspecified atom stereocenters. The van der Waals surface area contributed by atoms with E-state index < -0.39 is 21.8 Å². The van der Waals surface area contributed by atoms with Gasteiger partial charge in [0.25, 0.3) is 10.0 Å². The van der Waals surface area contributed by atoms with Gasteiger partial charge in [0.2, 0.25) is 5.91 Å². The molecule has 5 nitrogen and oxygen atoms in total. The number of carbonyl (C=O) groups is 1. The van der Waals surface area contributed by atoms with Crippen LogP contribution in [0.1, 0.15) is 30.4 Å². The van der Waals surface area contributed by atoms with Crippen LogP contribution in [0.3, 0.4) is 0 Å². The number of sulfonamides is 1. The molecule has 0 spiro atoms. The second-order valence-electron chi connectivity index (χ2n) is 6.91. The minimum Gasteiger partial charge on any atom is -0.494 e. The third-order valence-electron chi connectivity index (χ3n) is 5.18. The van der Waals surface area contributed by atoms with Gasteiger partial charge in [-0.2, -0.15) is 0 Å². The van der Waals surface area contributed by atoms with Gasteiger partial charge in [-0.3, -0.25) is 4.79 Å². The third-order valence-corrected chi connectivity index (χ3v) is 7.33. The van der Waals surface area contributed by atoms with Gasteiger partial charge in [0.05, 0.1) is 17.4 Å². The van der Waals surface area contributed by atoms with E-state index in [2.05, 4.69) is 20.7 Å². The van der Waals surface area contributed by atoms with Crippen LogP contribution in [-0.4, -0.2) is 20.9 Å². The molecular formula is C22H20BrNO4S. The molecule has 0 radical (unpaired) electrons. The van der Waals surface area contributed by atoms with Crippen LogP contribution in [0.15, 0.2) is 64.0 Å². The molecular weight excluding hydrogens is 454 g/mol. The summed E-state index contributed by atoms with van der Waals surface area (Å²) in [6.07, 6.45) is 1.22. The Bertz CT molecular complexity index is 1200. The van der Waals surface area contributed by atoms with Gasteiger partial charge in [-0.25, -0.2) is 13.1 Å². The molecule has 1 aliphatic rings. The summed E-state index contributed by atoms with van der Waals surface area (Å²) in [7, 11) is -4.01. The summed E-state index contributed by atoms with van der Waals surface area (Å²) in [5.41, 5.74) is 1.77. The molecule has 0 saturated heterocycles. The van der Waals surface area contributed by atoms with E-state index in [1.807, 2.05) is 37.3 Å². The molecule has 0 saturated carbocycles. The Hall–Kier alpha value is -2.38. The van der Waals surface area contributed by atoms with Gasteiger partial charge in [-0.1, -0.05) is 52.3 Å². The number of fused-ring (bicyclic) bond motifs is 2. The highest BCUT2D eigenvalue weighted by Crippen LogP contribution is 2.43. The van der Waals surface area contributed by atoms with Crippen LogP contribution in [0, 0.1) is 0 Å². The van der Waals surface area contributed by atoms with Crippen LogP contribution in [0.4, 0.5) is 0 Å². The summed E-state index contributed by atoms with van der Waals surface area (Å²) < 4.78 is 35.0. The van der Waals surface area contributed by atoms with Crippen LogP contribution in [-0.2, 0) is 21.2 Å². The van der Waals surface area contributed by atoms with Gasteiger partial charge in [0.15, 0.2) is 0 Å². The van der Waals surface area contributed by atoms with E-state index in [-0.39, 0.29) is 4.90 Å². The fourth-order valence-electron chi connectivity index (χ4n) is 3.92. The lowest BCUT2D eigenvalue weighted by Crippen LogP contribution is -2.34. The van der Waals surface area contributed by atoms with E-state index in [4.69, 9.17) is 4.74 Å². The number of hydrogen-bond donors (Lipinski definition) is 1. The van der Waals surface area contributed by atoms with E-state index in [9.17, 15) is 13.2 Å². The first kappa shape index (κ1) is 19.9. The molecule has 1 N–H and O–H groups in total. The van der Waals surface area contributed by atoms with Crippen molar-refractivity contribution in [2.45, 2.75) is 30.6 Å². The van der Waals surface area contributed by atoms with Crippen LogP contribution >= 0.6 is 15.9 Å². The van der Waals surface area contributed by atoms with E-state index >= 15 is 0 Å². The molecule has 7 heteroatoms. The van der Waals surface area contributed by atoms with Crippen molar-refractivity contribution in [1.82, 2.24) is 4.72 Å². The van der Waals surface area contributed by atoms with Crippen molar-refractivity contribution < 1.29 is 17.9 Å². The van der Waals surface area contributed by atoms with E-state index in [0.717, 1.165) is 21.0 Å². The minimum absolute atomic E-state index is 0.0986. The quantitative estimate of drug-likeness (QED) is 0.590. The number of amides is 1. The maximum Gasteiger partial charge on any atom is 0.264 e. The second-order valence-corrected chi connectivity index (χ2v) is 9.41. The summed E-state index contributed by atoms with van der Waals surface area (Å²) in [5, 5.41) is 1.39. The Morgan fingerprint density at radius 1 is 1.14 bits per heavy atom. The first-order chi connectivity index (χ1) is 13.9. The molecule has 0 bridgehead atoms. The molecule has 0 fully saturated rings. The van der Waals surface area contributed by atoms with Crippen LogP contribution in [0.2, 0.25) is 0 Å². The predicted molar refractivity (Wildman–Crippen MR) is 116 cm³/mol. The lowest BCUT2D eigenvalue weighted by molar-refractivity contribution is -0.120. The van der Waals surface area contributed by atoms with Crippen LogP contribution in [0.25, 0.3) is 10.8 Å². The van der Waals surface area contributed by atoms with Crippen molar-refractivity contribution in [2.75, 3.05) is 6.61 Å². The van der Waals surface area contributed by atoms with E-state index in [0.29, 0.717) is 30.6 Å². The minimum atomic E-state index is -4.01. The molecule has 1 aliphatic carbocycles. The molecule has 0 aromatic heterocycles.